The first-order valence-electron chi connectivity index (χ1n) is 10.5. The van der Waals surface area contributed by atoms with Crippen LogP contribution >= 0.6 is 0 Å². The number of benzene rings is 2. The average Bonchev–Trinajstić information content (AvgIpc) is 3.44. The van der Waals surface area contributed by atoms with Crippen LogP contribution in [0.5, 0.6) is 5.75 Å². The van der Waals surface area contributed by atoms with Crippen molar-refractivity contribution in [2.45, 2.75) is 31.4 Å². The van der Waals surface area contributed by atoms with E-state index in [0.29, 0.717) is 25.9 Å². The van der Waals surface area contributed by atoms with E-state index in [4.69, 9.17) is 4.74 Å². The van der Waals surface area contributed by atoms with Crippen molar-refractivity contribution in [3.63, 3.8) is 0 Å². The van der Waals surface area contributed by atoms with Crippen LogP contribution in [0, 0.1) is 0 Å². The van der Waals surface area contributed by atoms with Crippen LogP contribution in [0.4, 0.5) is 13.2 Å². The zero-order chi connectivity index (χ0) is 22.6. The van der Waals surface area contributed by atoms with Gasteiger partial charge in [-0.3, -0.25) is 9.89 Å². The Morgan fingerprint density at radius 1 is 1.12 bits per heavy atom. The van der Waals surface area contributed by atoms with Crippen molar-refractivity contribution in [1.29, 1.82) is 0 Å². The molecule has 2 aromatic carbocycles. The number of aromatic nitrogens is 2. The molecule has 0 radical (unpaired) electrons. The van der Waals surface area contributed by atoms with Crippen molar-refractivity contribution >= 4 is 5.91 Å². The fourth-order valence-corrected chi connectivity index (χ4v) is 3.87. The first-order valence-corrected chi connectivity index (χ1v) is 10.5. The molecule has 0 unspecified atom stereocenters. The van der Waals surface area contributed by atoms with Crippen molar-refractivity contribution in [2.75, 3.05) is 19.7 Å². The summed E-state index contributed by atoms with van der Waals surface area (Å²) in [6.45, 7) is 1.57. The molecule has 0 aliphatic carbocycles. The minimum Gasteiger partial charge on any atom is -0.493 e. The highest BCUT2D eigenvalue weighted by Crippen LogP contribution is 2.31. The highest BCUT2D eigenvalue weighted by atomic mass is 19.4. The molecule has 1 fully saturated rings. The van der Waals surface area contributed by atoms with E-state index in [9.17, 15) is 18.0 Å². The molecule has 5 nitrogen and oxygen atoms in total. The lowest BCUT2D eigenvalue weighted by atomic mass is 10.0. The van der Waals surface area contributed by atoms with Gasteiger partial charge in [-0.2, -0.15) is 18.3 Å². The van der Waals surface area contributed by atoms with Crippen molar-refractivity contribution in [2.24, 2.45) is 0 Å². The molecule has 2 heterocycles. The van der Waals surface area contributed by atoms with E-state index in [1.807, 2.05) is 41.3 Å². The third kappa shape index (κ3) is 5.49. The molecule has 0 bridgehead atoms. The number of hydrogen-bond donors (Lipinski definition) is 1. The molecule has 1 atom stereocenters. The van der Waals surface area contributed by atoms with Gasteiger partial charge >= 0.3 is 6.18 Å². The van der Waals surface area contributed by atoms with Crippen LogP contribution in [0.1, 0.15) is 34.9 Å². The average molecular weight is 443 g/mol. The Morgan fingerprint density at radius 3 is 2.72 bits per heavy atom. The number of hydrogen-bond acceptors (Lipinski definition) is 3. The fourth-order valence-electron chi connectivity index (χ4n) is 3.87. The van der Waals surface area contributed by atoms with E-state index in [1.54, 1.807) is 0 Å². The van der Waals surface area contributed by atoms with Gasteiger partial charge < -0.3 is 9.64 Å². The fraction of sp³-hybridized carbons (Fsp3) is 0.333. The molecule has 1 aliphatic heterocycles. The van der Waals surface area contributed by atoms with E-state index in [1.165, 1.54) is 12.1 Å². The van der Waals surface area contributed by atoms with E-state index in [2.05, 4.69) is 10.2 Å². The van der Waals surface area contributed by atoms with E-state index in [-0.39, 0.29) is 24.2 Å². The van der Waals surface area contributed by atoms with Gasteiger partial charge in [0, 0.05) is 31.1 Å². The standard InChI is InChI=1S/C24H24F3N3O2/c25-24(26,27)19-7-4-8-21(14-19)32-12-10-20-15-22(29-28-20)18-9-11-30(16-18)23(31)13-17-5-2-1-3-6-17/h1-8,14-15,18H,9-13,16H2,(H,28,29)/t18-/m0/s1. The van der Waals surface area contributed by atoms with Gasteiger partial charge in [-0.25, -0.2) is 0 Å². The molecule has 8 heteroatoms. The summed E-state index contributed by atoms with van der Waals surface area (Å²) >= 11 is 0. The molecular weight excluding hydrogens is 419 g/mol. The number of alkyl halides is 3. The normalized spacial score (nSPS) is 16.3. The lowest BCUT2D eigenvalue weighted by molar-refractivity contribution is -0.137. The maximum Gasteiger partial charge on any atom is 0.416 e. The summed E-state index contributed by atoms with van der Waals surface area (Å²) < 4.78 is 43.9. The van der Waals surface area contributed by atoms with Gasteiger partial charge in [0.05, 0.1) is 24.3 Å². The summed E-state index contributed by atoms with van der Waals surface area (Å²) in [6.07, 6.45) is -2.65. The van der Waals surface area contributed by atoms with Crippen LogP contribution in [0.15, 0.2) is 60.7 Å². The molecule has 1 saturated heterocycles. The highest BCUT2D eigenvalue weighted by molar-refractivity contribution is 5.79. The summed E-state index contributed by atoms with van der Waals surface area (Å²) in [4.78, 5) is 14.4. The van der Waals surface area contributed by atoms with Gasteiger partial charge in [0.25, 0.3) is 0 Å². The zero-order valence-electron chi connectivity index (χ0n) is 17.4. The summed E-state index contributed by atoms with van der Waals surface area (Å²) in [5.74, 6) is 0.469. The third-order valence-electron chi connectivity index (χ3n) is 5.61. The first-order chi connectivity index (χ1) is 15.4. The molecule has 1 aromatic heterocycles. The molecule has 3 aromatic rings. The Bertz CT molecular complexity index is 1050. The number of carbonyl (C=O) groups excluding carboxylic acids is 1. The van der Waals surface area contributed by atoms with Crippen LogP contribution < -0.4 is 4.74 Å². The Morgan fingerprint density at radius 2 is 1.94 bits per heavy atom. The van der Waals surface area contributed by atoms with Crippen LogP contribution in [0.3, 0.4) is 0 Å². The highest BCUT2D eigenvalue weighted by Gasteiger charge is 2.31. The molecule has 4 rings (SSSR count). The predicted octanol–water partition coefficient (Wildman–Crippen LogP) is 4.61. The maximum atomic E-state index is 12.8. The van der Waals surface area contributed by atoms with Gasteiger partial charge in [-0.15, -0.1) is 0 Å². The number of likely N-dealkylation sites (tertiary alicyclic amines) is 1. The van der Waals surface area contributed by atoms with Gasteiger partial charge in [-0.05, 0) is 36.2 Å². The van der Waals surface area contributed by atoms with Gasteiger partial charge in [0.2, 0.25) is 5.91 Å². The quantitative estimate of drug-likeness (QED) is 0.580. The lowest BCUT2D eigenvalue weighted by Crippen LogP contribution is -2.29. The van der Waals surface area contributed by atoms with Crippen molar-refractivity contribution in [1.82, 2.24) is 15.1 Å². The maximum absolute atomic E-state index is 12.8. The Kier molecular flexibility index (Phi) is 6.48. The number of H-pyrrole nitrogens is 1. The number of aromatic amines is 1. The second-order valence-corrected chi connectivity index (χ2v) is 7.93. The first kappa shape index (κ1) is 21.9. The number of nitrogens with zero attached hydrogens (tertiary/aromatic N) is 2. The monoisotopic (exact) mass is 443 g/mol. The molecule has 1 amide bonds. The second-order valence-electron chi connectivity index (χ2n) is 7.93. The summed E-state index contributed by atoms with van der Waals surface area (Å²) in [5.41, 5.74) is 2.02. The van der Waals surface area contributed by atoms with E-state index in [0.717, 1.165) is 35.5 Å². The minimum atomic E-state index is -4.39. The van der Waals surface area contributed by atoms with Crippen LogP contribution in [0.2, 0.25) is 0 Å². The summed E-state index contributed by atoms with van der Waals surface area (Å²) in [6, 6.07) is 16.5. The number of carbonyl (C=O) groups is 1. The number of ether oxygens (including phenoxy) is 1. The lowest BCUT2D eigenvalue weighted by Gasteiger charge is -2.16. The molecule has 168 valence electrons. The van der Waals surface area contributed by atoms with Crippen molar-refractivity contribution in [3.8, 4) is 5.75 Å². The SMILES string of the molecule is O=C(Cc1ccccc1)N1CC[C@H](c2cc(CCOc3cccc(C(F)(F)F)c3)[nH]n2)C1. The van der Waals surface area contributed by atoms with Gasteiger partial charge in [0.15, 0.2) is 0 Å². The van der Waals surface area contributed by atoms with E-state index >= 15 is 0 Å². The van der Waals surface area contributed by atoms with E-state index < -0.39 is 11.7 Å². The van der Waals surface area contributed by atoms with Gasteiger partial charge in [-0.1, -0.05) is 36.4 Å². The predicted molar refractivity (Wildman–Crippen MR) is 113 cm³/mol. The second kappa shape index (κ2) is 9.46. The zero-order valence-corrected chi connectivity index (χ0v) is 17.4. The van der Waals surface area contributed by atoms with Crippen molar-refractivity contribution < 1.29 is 22.7 Å². The largest absolute Gasteiger partial charge is 0.493 e. The number of halogens is 3. The van der Waals surface area contributed by atoms with Crippen LogP contribution in [-0.4, -0.2) is 40.7 Å². The molecule has 0 spiro atoms. The number of amides is 1. The molecule has 1 N–H and O–H groups in total. The molecule has 32 heavy (non-hydrogen) atoms. The third-order valence-corrected chi connectivity index (χ3v) is 5.61. The molecule has 1 aliphatic rings. The van der Waals surface area contributed by atoms with Crippen LogP contribution in [0.25, 0.3) is 0 Å². The number of rotatable bonds is 7. The smallest absolute Gasteiger partial charge is 0.416 e. The van der Waals surface area contributed by atoms with Gasteiger partial charge in [0.1, 0.15) is 5.75 Å². The summed E-state index contributed by atoms with van der Waals surface area (Å²) in [5, 5.41) is 7.36. The topological polar surface area (TPSA) is 58.2 Å². The Hall–Kier alpha value is -3.29. The Labute approximate surface area is 184 Å². The summed E-state index contributed by atoms with van der Waals surface area (Å²) in [7, 11) is 0. The van der Waals surface area contributed by atoms with Crippen molar-refractivity contribution in [3.05, 3.63) is 83.2 Å². The minimum absolute atomic E-state index is 0.115. The molecular formula is C24H24F3N3O2. The van der Waals surface area contributed by atoms with Crippen LogP contribution in [-0.2, 0) is 23.8 Å². The molecule has 0 saturated carbocycles. The number of nitrogens with one attached hydrogen (secondary N) is 1. The Balaban J connectivity index is 1.27.